The standard InChI is InChI=1S/C16H22NO12P/c1-11(2)27-15(18)23-9-25-30(22,26-10-24-16(19)28-12(3)4)29-14-7-5-13(6-8-14)17(20)21/h5-8,11-12H,9-10H2,1-4H3. The van der Waals surface area contributed by atoms with Gasteiger partial charge < -0.3 is 23.5 Å². The Hall–Kier alpha value is -2.89. The zero-order valence-electron chi connectivity index (χ0n) is 16.7. The monoisotopic (exact) mass is 451 g/mol. The summed E-state index contributed by atoms with van der Waals surface area (Å²) in [7, 11) is -4.50. The molecule has 0 aliphatic carbocycles. The lowest BCUT2D eigenvalue weighted by Crippen LogP contribution is -2.17. The van der Waals surface area contributed by atoms with Crippen LogP contribution in [0.2, 0.25) is 0 Å². The Kier molecular flexibility index (Phi) is 10.0. The highest BCUT2D eigenvalue weighted by molar-refractivity contribution is 7.48. The van der Waals surface area contributed by atoms with E-state index in [1.54, 1.807) is 27.7 Å². The van der Waals surface area contributed by atoms with Crippen LogP contribution in [0.4, 0.5) is 15.3 Å². The van der Waals surface area contributed by atoms with Gasteiger partial charge in [0, 0.05) is 12.1 Å². The fraction of sp³-hybridized carbons (Fsp3) is 0.500. The van der Waals surface area contributed by atoms with E-state index in [4.69, 9.17) is 23.0 Å². The number of carbonyl (C=O) groups is 2. The molecule has 0 spiro atoms. The second kappa shape index (κ2) is 12.0. The van der Waals surface area contributed by atoms with E-state index in [0.29, 0.717) is 0 Å². The predicted molar refractivity (Wildman–Crippen MR) is 98.6 cm³/mol. The highest BCUT2D eigenvalue weighted by Crippen LogP contribution is 2.49. The van der Waals surface area contributed by atoms with Gasteiger partial charge in [-0.15, -0.1) is 0 Å². The molecule has 0 aliphatic rings. The maximum Gasteiger partial charge on any atom is 0.535 e. The number of phosphoric acid groups is 1. The number of carbonyl (C=O) groups excluding carboxylic acids is 2. The summed E-state index contributed by atoms with van der Waals surface area (Å²) in [6.45, 7) is 4.57. The molecule has 0 unspecified atom stereocenters. The van der Waals surface area contributed by atoms with Crippen LogP contribution in [-0.2, 0) is 32.6 Å². The molecule has 168 valence electrons. The number of nitrogens with zero attached hydrogens (tertiary/aromatic N) is 1. The number of hydrogen-bond donors (Lipinski definition) is 0. The van der Waals surface area contributed by atoms with Crippen molar-refractivity contribution in [1.82, 2.24) is 0 Å². The van der Waals surface area contributed by atoms with Crippen LogP contribution in [0.15, 0.2) is 24.3 Å². The first kappa shape index (κ1) is 25.1. The largest absolute Gasteiger partial charge is 0.535 e. The molecule has 1 rings (SSSR count). The first-order valence-corrected chi connectivity index (χ1v) is 9.97. The number of nitro benzene ring substituents is 1. The van der Waals surface area contributed by atoms with Crippen molar-refractivity contribution in [3.63, 3.8) is 0 Å². The van der Waals surface area contributed by atoms with E-state index in [1.807, 2.05) is 0 Å². The molecule has 0 heterocycles. The minimum absolute atomic E-state index is 0.126. The Morgan fingerprint density at radius 2 is 1.37 bits per heavy atom. The number of hydrogen-bond acceptors (Lipinski definition) is 12. The Morgan fingerprint density at radius 1 is 0.933 bits per heavy atom. The summed E-state index contributed by atoms with van der Waals surface area (Å²) in [4.78, 5) is 32.8. The molecule has 0 atom stereocenters. The molecular weight excluding hydrogens is 429 g/mol. The zero-order valence-corrected chi connectivity index (χ0v) is 17.6. The highest BCUT2D eigenvalue weighted by Gasteiger charge is 2.31. The van der Waals surface area contributed by atoms with Crippen LogP contribution in [0.5, 0.6) is 5.75 Å². The molecule has 0 N–H and O–H groups in total. The molecule has 14 heteroatoms. The minimum atomic E-state index is -4.50. The third kappa shape index (κ3) is 10.0. The molecule has 0 saturated heterocycles. The lowest BCUT2D eigenvalue weighted by atomic mass is 10.3. The number of nitro groups is 1. The topological polar surface area (TPSA) is 159 Å². The molecule has 0 bridgehead atoms. The van der Waals surface area contributed by atoms with Crippen molar-refractivity contribution in [3.05, 3.63) is 34.4 Å². The lowest BCUT2D eigenvalue weighted by molar-refractivity contribution is -0.384. The summed E-state index contributed by atoms with van der Waals surface area (Å²) in [6.07, 6.45) is -3.11. The number of ether oxygens (including phenoxy) is 4. The van der Waals surface area contributed by atoms with Crippen LogP contribution in [0.25, 0.3) is 0 Å². The van der Waals surface area contributed by atoms with Gasteiger partial charge >= 0.3 is 20.1 Å². The summed E-state index contributed by atoms with van der Waals surface area (Å²) in [6, 6.07) is 4.46. The van der Waals surface area contributed by atoms with E-state index >= 15 is 0 Å². The Labute approximate surface area is 171 Å². The predicted octanol–water partition coefficient (Wildman–Crippen LogP) is 4.15. The second-order valence-corrected chi connectivity index (χ2v) is 7.50. The number of rotatable bonds is 11. The second-order valence-electron chi connectivity index (χ2n) is 5.91. The fourth-order valence-corrected chi connectivity index (χ4v) is 2.50. The first-order valence-electron chi connectivity index (χ1n) is 8.50. The van der Waals surface area contributed by atoms with E-state index in [9.17, 15) is 24.3 Å². The van der Waals surface area contributed by atoms with Gasteiger partial charge in [0.15, 0.2) is 0 Å². The van der Waals surface area contributed by atoms with E-state index in [-0.39, 0.29) is 11.4 Å². The number of phosphoric ester groups is 1. The van der Waals surface area contributed by atoms with Crippen molar-refractivity contribution in [2.24, 2.45) is 0 Å². The van der Waals surface area contributed by atoms with Crippen molar-refractivity contribution in [1.29, 1.82) is 0 Å². The first-order chi connectivity index (χ1) is 14.0. The Balaban J connectivity index is 2.75. The molecule has 13 nitrogen and oxygen atoms in total. The Morgan fingerprint density at radius 3 is 1.73 bits per heavy atom. The van der Waals surface area contributed by atoms with E-state index in [2.05, 4.69) is 9.47 Å². The van der Waals surface area contributed by atoms with Crippen LogP contribution in [0.1, 0.15) is 27.7 Å². The van der Waals surface area contributed by atoms with Gasteiger partial charge in [0.05, 0.1) is 17.1 Å². The smallest absolute Gasteiger partial charge is 0.432 e. The van der Waals surface area contributed by atoms with Crippen molar-refractivity contribution in [2.45, 2.75) is 39.9 Å². The van der Waals surface area contributed by atoms with Crippen LogP contribution in [0, 0.1) is 10.1 Å². The number of benzene rings is 1. The van der Waals surface area contributed by atoms with Crippen molar-refractivity contribution in [3.8, 4) is 5.75 Å². The zero-order chi connectivity index (χ0) is 22.7. The summed E-state index contributed by atoms with van der Waals surface area (Å²) >= 11 is 0. The van der Waals surface area contributed by atoms with Gasteiger partial charge in [-0.1, -0.05) is 0 Å². The molecular formula is C16H22NO12P. The average molecular weight is 451 g/mol. The molecule has 30 heavy (non-hydrogen) atoms. The van der Waals surface area contributed by atoms with E-state index < -0.39 is 50.9 Å². The van der Waals surface area contributed by atoms with Gasteiger partial charge in [-0.2, -0.15) is 0 Å². The maximum atomic E-state index is 12.7. The molecule has 0 saturated carbocycles. The van der Waals surface area contributed by atoms with E-state index in [0.717, 1.165) is 24.3 Å². The molecule has 0 aliphatic heterocycles. The molecule has 1 aromatic rings. The molecule has 0 radical (unpaired) electrons. The van der Waals surface area contributed by atoms with E-state index in [1.165, 1.54) is 0 Å². The minimum Gasteiger partial charge on any atom is -0.432 e. The van der Waals surface area contributed by atoms with Crippen molar-refractivity contribution >= 4 is 25.8 Å². The molecule has 0 aromatic heterocycles. The van der Waals surface area contributed by atoms with Gasteiger partial charge in [-0.3, -0.25) is 10.1 Å². The van der Waals surface area contributed by atoms with Gasteiger partial charge in [0.1, 0.15) is 5.75 Å². The molecule has 0 amide bonds. The van der Waals surface area contributed by atoms with Crippen molar-refractivity contribution in [2.75, 3.05) is 13.6 Å². The Bertz CT molecular complexity index is 732. The molecule has 0 fully saturated rings. The average Bonchev–Trinajstić information content (AvgIpc) is 2.60. The van der Waals surface area contributed by atoms with Gasteiger partial charge in [-0.05, 0) is 39.8 Å². The summed E-state index contributed by atoms with van der Waals surface area (Å²) < 4.78 is 46.1. The summed E-state index contributed by atoms with van der Waals surface area (Å²) in [5.41, 5.74) is -0.237. The van der Waals surface area contributed by atoms with Gasteiger partial charge in [0.2, 0.25) is 13.6 Å². The van der Waals surface area contributed by atoms with Gasteiger partial charge in [0.25, 0.3) is 5.69 Å². The summed E-state index contributed by atoms with van der Waals surface area (Å²) in [5, 5.41) is 10.7. The van der Waals surface area contributed by atoms with Crippen LogP contribution < -0.4 is 4.52 Å². The normalized spacial score (nSPS) is 11.1. The van der Waals surface area contributed by atoms with Crippen molar-refractivity contribution < 1.29 is 51.6 Å². The SMILES string of the molecule is CC(C)OC(=O)OCOP(=O)(OCOC(=O)OC(C)C)Oc1ccc([N+](=O)[O-])cc1. The highest BCUT2D eigenvalue weighted by atomic mass is 31.2. The van der Waals surface area contributed by atoms with Crippen LogP contribution >= 0.6 is 7.82 Å². The third-order valence-electron chi connectivity index (χ3n) is 2.70. The quantitative estimate of drug-likeness (QED) is 0.156. The summed E-state index contributed by atoms with van der Waals surface area (Å²) in [5.74, 6) is -0.126. The van der Waals surface area contributed by atoms with Gasteiger partial charge in [-0.25, -0.2) is 23.2 Å². The molecule has 1 aromatic carbocycles. The lowest BCUT2D eigenvalue weighted by Gasteiger charge is -2.18. The third-order valence-corrected chi connectivity index (χ3v) is 3.98. The van der Waals surface area contributed by atoms with Crippen LogP contribution in [-0.4, -0.2) is 43.0 Å². The number of non-ortho nitro benzene ring substituents is 1. The van der Waals surface area contributed by atoms with Crippen LogP contribution in [0.3, 0.4) is 0 Å². The maximum absolute atomic E-state index is 12.7. The fourth-order valence-electron chi connectivity index (χ4n) is 1.58.